The number of nitrogens with zero attached hydrogens (tertiary/aromatic N) is 2. The van der Waals surface area contributed by atoms with Crippen LogP contribution in [0.15, 0.2) is 36.4 Å². The lowest BCUT2D eigenvalue weighted by Crippen LogP contribution is -2.56. The Morgan fingerprint density at radius 2 is 1.83 bits per heavy atom. The van der Waals surface area contributed by atoms with Crippen molar-refractivity contribution in [3.05, 3.63) is 57.0 Å². The molecule has 0 bridgehead atoms. The number of piperazine rings is 1. The van der Waals surface area contributed by atoms with Crippen molar-refractivity contribution in [3.63, 3.8) is 0 Å². The van der Waals surface area contributed by atoms with Gasteiger partial charge in [0.05, 0.1) is 9.90 Å². The number of hydrogen-bond donors (Lipinski definition) is 1. The van der Waals surface area contributed by atoms with Gasteiger partial charge in [0.1, 0.15) is 11.9 Å². The largest absolute Gasteiger partial charge is 0.340 e. The van der Waals surface area contributed by atoms with Crippen LogP contribution < -0.4 is 5.32 Å². The van der Waals surface area contributed by atoms with E-state index in [1.807, 2.05) is 26.0 Å². The Morgan fingerprint density at radius 3 is 2.41 bits per heavy atom. The second kappa shape index (κ2) is 9.69. The van der Waals surface area contributed by atoms with Crippen molar-refractivity contribution in [2.45, 2.75) is 26.4 Å². The summed E-state index contributed by atoms with van der Waals surface area (Å²) in [4.78, 5) is 30.8. The van der Waals surface area contributed by atoms with E-state index in [9.17, 15) is 14.0 Å². The lowest BCUT2D eigenvalue weighted by molar-refractivity contribution is -0.136. The van der Waals surface area contributed by atoms with Crippen LogP contribution in [0.1, 0.15) is 29.1 Å². The third-order valence-electron chi connectivity index (χ3n) is 5.03. The molecule has 1 aliphatic heterocycles. The summed E-state index contributed by atoms with van der Waals surface area (Å²) in [5.74, 6) is -1.39. The molecule has 5 nitrogen and oxygen atoms in total. The van der Waals surface area contributed by atoms with Crippen molar-refractivity contribution < 1.29 is 14.0 Å². The molecule has 1 atom stereocenters. The van der Waals surface area contributed by atoms with Crippen LogP contribution in [-0.4, -0.2) is 53.8 Å². The van der Waals surface area contributed by atoms with Crippen LogP contribution in [0.4, 0.5) is 4.39 Å². The Morgan fingerprint density at radius 1 is 1.14 bits per heavy atom. The third kappa shape index (κ3) is 5.56. The van der Waals surface area contributed by atoms with Crippen molar-refractivity contribution in [1.82, 2.24) is 15.1 Å². The average Bonchev–Trinajstić information content (AvgIpc) is 3.10. The lowest BCUT2D eigenvalue weighted by Gasteiger charge is -2.37. The Hall–Kier alpha value is -1.96. The minimum atomic E-state index is -0.690. The number of halogens is 2. The van der Waals surface area contributed by atoms with E-state index in [0.29, 0.717) is 13.1 Å². The highest BCUT2D eigenvalue weighted by Crippen LogP contribution is 2.23. The first-order chi connectivity index (χ1) is 13.8. The Balaban J connectivity index is 1.58. The van der Waals surface area contributed by atoms with Crippen LogP contribution in [0, 0.1) is 11.7 Å². The molecule has 1 fully saturated rings. The first-order valence-electron chi connectivity index (χ1n) is 9.66. The van der Waals surface area contributed by atoms with Gasteiger partial charge in [-0.1, -0.05) is 37.6 Å². The summed E-state index contributed by atoms with van der Waals surface area (Å²) in [5, 5.41) is 2.73. The van der Waals surface area contributed by atoms with E-state index in [0.717, 1.165) is 24.0 Å². The molecule has 2 aromatic rings. The highest BCUT2D eigenvalue weighted by Gasteiger charge is 2.31. The maximum atomic E-state index is 13.9. The third-order valence-corrected chi connectivity index (χ3v) is 6.25. The molecule has 1 saturated heterocycles. The summed E-state index contributed by atoms with van der Waals surface area (Å²) in [5.41, 5.74) is -0.0506. The zero-order valence-corrected chi connectivity index (χ0v) is 18.1. The van der Waals surface area contributed by atoms with E-state index >= 15 is 0 Å². The van der Waals surface area contributed by atoms with Gasteiger partial charge in [-0.15, -0.1) is 11.3 Å². The quantitative estimate of drug-likeness (QED) is 0.750. The molecule has 1 aromatic heterocycles. The highest BCUT2D eigenvalue weighted by molar-refractivity contribution is 7.16. The molecule has 8 heteroatoms. The number of rotatable bonds is 6. The summed E-state index contributed by atoms with van der Waals surface area (Å²) < 4.78 is 14.7. The lowest BCUT2D eigenvalue weighted by atomic mass is 10.0. The predicted octanol–water partition coefficient (Wildman–Crippen LogP) is 3.64. The van der Waals surface area contributed by atoms with E-state index in [1.165, 1.54) is 23.1 Å². The summed E-state index contributed by atoms with van der Waals surface area (Å²) in [7, 11) is 0. The zero-order chi connectivity index (χ0) is 21.0. The first kappa shape index (κ1) is 21.7. The van der Waals surface area contributed by atoms with E-state index in [4.69, 9.17) is 11.6 Å². The molecule has 1 aliphatic rings. The molecular formula is C21H25ClFN3O2S. The molecule has 0 saturated carbocycles. The Kier molecular flexibility index (Phi) is 7.27. The van der Waals surface area contributed by atoms with E-state index in [-0.39, 0.29) is 17.4 Å². The number of carbonyl (C=O) groups is 2. The maximum Gasteiger partial charge on any atom is 0.254 e. The number of nitrogens with one attached hydrogen (secondary N) is 1. The van der Waals surface area contributed by atoms with Gasteiger partial charge in [-0.05, 0) is 30.2 Å². The van der Waals surface area contributed by atoms with Gasteiger partial charge in [-0.3, -0.25) is 14.5 Å². The SMILES string of the molecule is CC(C)[C@H](NC(=O)c1ccccc1F)C(=O)N1CCN(Cc2ccc(Cl)s2)CC1. The minimum Gasteiger partial charge on any atom is -0.340 e. The zero-order valence-electron chi connectivity index (χ0n) is 16.5. The molecule has 0 radical (unpaired) electrons. The van der Waals surface area contributed by atoms with Crippen molar-refractivity contribution in [3.8, 4) is 0 Å². The number of hydrogen-bond acceptors (Lipinski definition) is 4. The van der Waals surface area contributed by atoms with Gasteiger partial charge in [-0.25, -0.2) is 4.39 Å². The Bertz CT molecular complexity index is 865. The standard InChI is InChI=1S/C21H25ClFN3O2S/c1-14(2)19(24-20(27)16-5-3-4-6-17(16)23)21(28)26-11-9-25(10-12-26)13-15-7-8-18(22)29-15/h3-8,14,19H,9-13H2,1-2H3,(H,24,27)/t19-/m0/s1. The second-order valence-electron chi connectivity index (χ2n) is 7.48. The van der Waals surface area contributed by atoms with Gasteiger partial charge in [0.25, 0.3) is 5.91 Å². The van der Waals surface area contributed by atoms with Crippen LogP contribution in [0.2, 0.25) is 4.34 Å². The van der Waals surface area contributed by atoms with E-state index < -0.39 is 17.8 Å². The fourth-order valence-corrected chi connectivity index (χ4v) is 4.49. The van der Waals surface area contributed by atoms with Gasteiger partial charge < -0.3 is 10.2 Å². The number of benzene rings is 1. The molecule has 3 rings (SSSR count). The summed E-state index contributed by atoms with van der Waals surface area (Å²) >= 11 is 7.56. The summed E-state index contributed by atoms with van der Waals surface area (Å²) in [6.07, 6.45) is 0. The second-order valence-corrected chi connectivity index (χ2v) is 9.28. The van der Waals surface area contributed by atoms with Gasteiger partial charge in [-0.2, -0.15) is 0 Å². The fourth-order valence-electron chi connectivity index (χ4n) is 3.36. The molecule has 0 aliphatic carbocycles. The Labute approximate surface area is 179 Å². The molecule has 0 spiro atoms. The van der Waals surface area contributed by atoms with Gasteiger partial charge >= 0.3 is 0 Å². The highest BCUT2D eigenvalue weighted by atomic mass is 35.5. The number of carbonyl (C=O) groups excluding carboxylic acids is 2. The van der Waals surface area contributed by atoms with E-state index in [2.05, 4.69) is 10.2 Å². The molecule has 2 heterocycles. The number of thiophene rings is 1. The van der Waals surface area contributed by atoms with Crippen molar-refractivity contribution in [2.75, 3.05) is 26.2 Å². The topological polar surface area (TPSA) is 52.7 Å². The van der Waals surface area contributed by atoms with Crippen LogP contribution in [-0.2, 0) is 11.3 Å². The minimum absolute atomic E-state index is 0.0506. The molecule has 2 amide bonds. The molecule has 29 heavy (non-hydrogen) atoms. The molecule has 156 valence electrons. The van der Waals surface area contributed by atoms with Crippen LogP contribution in [0.5, 0.6) is 0 Å². The van der Waals surface area contributed by atoms with Crippen LogP contribution in [0.25, 0.3) is 0 Å². The monoisotopic (exact) mass is 437 g/mol. The van der Waals surface area contributed by atoms with Crippen LogP contribution >= 0.6 is 22.9 Å². The van der Waals surface area contributed by atoms with Crippen molar-refractivity contribution in [1.29, 1.82) is 0 Å². The molecule has 1 aromatic carbocycles. The number of amides is 2. The van der Waals surface area contributed by atoms with E-state index in [1.54, 1.807) is 22.3 Å². The molecule has 1 N–H and O–H groups in total. The predicted molar refractivity (Wildman–Crippen MR) is 114 cm³/mol. The smallest absolute Gasteiger partial charge is 0.254 e. The summed E-state index contributed by atoms with van der Waals surface area (Å²) in [6.45, 7) is 7.27. The van der Waals surface area contributed by atoms with Crippen LogP contribution in [0.3, 0.4) is 0 Å². The first-order valence-corrected chi connectivity index (χ1v) is 10.9. The summed E-state index contributed by atoms with van der Waals surface area (Å²) in [6, 6.07) is 9.02. The molecular weight excluding hydrogens is 413 g/mol. The van der Waals surface area contributed by atoms with Crippen molar-refractivity contribution in [2.24, 2.45) is 5.92 Å². The van der Waals surface area contributed by atoms with Gasteiger partial charge in [0.15, 0.2) is 0 Å². The fraction of sp³-hybridized carbons (Fsp3) is 0.429. The molecule has 0 unspecified atom stereocenters. The normalized spacial score (nSPS) is 16.1. The van der Waals surface area contributed by atoms with Gasteiger partial charge in [0.2, 0.25) is 5.91 Å². The average molecular weight is 438 g/mol. The van der Waals surface area contributed by atoms with Crippen molar-refractivity contribution >= 4 is 34.8 Å². The maximum absolute atomic E-state index is 13.9. The van der Waals surface area contributed by atoms with Gasteiger partial charge in [0, 0.05) is 37.6 Å².